The summed E-state index contributed by atoms with van der Waals surface area (Å²) in [6.45, 7) is 5.53. The van der Waals surface area contributed by atoms with Gasteiger partial charge in [0, 0.05) is 31.1 Å². The van der Waals surface area contributed by atoms with Crippen molar-refractivity contribution < 1.29 is 14.4 Å². The van der Waals surface area contributed by atoms with Crippen LogP contribution in [-0.4, -0.2) is 48.3 Å². The zero-order valence-corrected chi connectivity index (χ0v) is 17.1. The zero-order valence-electron chi connectivity index (χ0n) is 17.1. The maximum Gasteiger partial charge on any atom is 0.251 e. The number of hydrogen-bond donors (Lipinski definition) is 2. The van der Waals surface area contributed by atoms with Gasteiger partial charge >= 0.3 is 0 Å². The fraction of sp³-hybridized carbons (Fsp3) is 0.591. The average molecular weight is 388 g/mol. The van der Waals surface area contributed by atoms with Gasteiger partial charge in [0.05, 0.1) is 0 Å². The number of likely N-dealkylation sites (tertiary alicyclic amines) is 1. The van der Waals surface area contributed by atoms with E-state index in [2.05, 4.69) is 17.6 Å². The Morgan fingerprint density at radius 3 is 2.50 bits per heavy atom. The molecule has 1 saturated heterocycles. The first-order chi connectivity index (χ1) is 13.6. The first-order valence-corrected chi connectivity index (χ1v) is 10.5. The Labute approximate surface area is 168 Å². The van der Waals surface area contributed by atoms with E-state index in [1.165, 1.54) is 0 Å². The molecule has 2 atom stereocenters. The maximum absolute atomic E-state index is 12.9. The van der Waals surface area contributed by atoms with E-state index < -0.39 is 0 Å². The van der Waals surface area contributed by atoms with Crippen molar-refractivity contribution in [1.29, 1.82) is 0 Å². The Morgan fingerprint density at radius 1 is 1.11 bits per heavy atom. The number of nitrogens with zero attached hydrogens (tertiary/aromatic N) is 1. The molecule has 1 heterocycles. The minimum Gasteiger partial charge on any atom is -0.353 e. The van der Waals surface area contributed by atoms with Gasteiger partial charge in [0.25, 0.3) is 5.91 Å². The molecule has 0 bridgehead atoms. The summed E-state index contributed by atoms with van der Waals surface area (Å²) in [5, 5.41) is 5.66. The second-order valence-corrected chi connectivity index (χ2v) is 7.35. The van der Waals surface area contributed by atoms with Crippen molar-refractivity contribution in [2.24, 2.45) is 5.92 Å². The topological polar surface area (TPSA) is 78.5 Å². The fourth-order valence-electron chi connectivity index (χ4n) is 3.66. The second kappa shape index (κ2) is 11.5. The van der Waals surface area contributed by atoms with E-state index in [0.717, 1.165) is 32.1 Å². The van der Waals surface area contributed by atoms with Gasteiger partial charge < -0.3 is 15.5 Å². The van der Waals surface area contributed by atoms with Crippen LogP contribution in [0, 0.1) is 5.92 Å². The van der Waals surface area contributed by atoms with Crippen LogP contribution in [0.1, 0.15) is 62.7 Å². The lowest BCUT2D eigenvalue weighted by Crippen LogP contribution is -2.49. The summed E-state index contributed by atoms with van der Waals surface area (Å²) in [5.74, 6) is -0.149. The number of carbonyl (C=O) groups excluding carboxylic acids is 3. The fourth-order valence-corrected chi connectivity index (χ4v) is 3.66. The lowest BCUT2D eigenvalue weighted by molar-refractivity contribution is -0.141. The molecule has 0 aromatic heterocycles. The molecule has 0 aliphatic carbocycles. The smallest absolute Gasteiger partial charge is 0.251 e. The lowest BCUT2D eigenvalue weighted by atomic mass is 9.97. The molecule has 154 valence electrons. The van der Waals surface area contributed by atoms with Crippen LogP contribution in [-0.2, 0) is 9.59 Å². The molecule has 28 heavy (non-hydrogen) atoms. The molecular weight excluding hydrogens is 354 g/mol. The molecule has 6 nitrogen and oxygen atoms in total. The molecule has 2 N–H and O–H groups in total. The van der Waals surface area contributed by atoms with Gasteiger partial charge in [-0.1, -0.05) is 44.9 Å². The van der Waals surface area contributed by atoms with E-state index >= 15 is 0 Å². The van der Waals surface area contributed by atoms with Crippen LogP contribution < -0.4 is 10.6 Å². The number of amides is 3. The highest BCUT2D eigenvalue weighted by Crippen LogP contribution is 2.23. The quantitative estimate of drug-likeness (QED) is 0.606. The molecule has 2 rings (SSSR count). The van der Waals surface area contributed by atoms with Crippen molar-refractivity contribution in [3.63, 3.8) is 0 Å². The lowest BCUT2D eigenvalue weighted by Gasteiger charge is -2.28. The van der Waals surface area contributed by atoms with Gasteiger partial charge in [-0.2, -0.15) is 0 Å². The van der Waals surface area contributed by atoms with Gasteiger partial charge in [0.15, 0.2) is 0 Å². The van der Waals surface area contributed by atoms with Crippen molar-refractivity contribution in [2.75, 3.05) is 19.6 Å². The molecule has 1 aromatic carbocycles. The second-order valence-electron chi connectivity index (χ2n) is 7.35. The molecule has 1 aliphatic heterocycles. The molecule has 1 aromatic rings. The van der Waals surface area contributed by atoms with Crippen LogP contribution in [0.4, 0.5) is 0 Å². The van der Waals surface area contributed by atoms with Crippen molar-refractivity contribution in [3.05, 3.63) is 35.9 Å². The van der Waals surface area contributed by atoms with Gasteiger partial charge in [-0.25, -0.2) is 0 Å². The minimum atomic E-state index is -0.381. The van der Waals surface area contributed by atoms with E-state index in [0.29, 0.717) is 31.6 Å². The first kappa shape index (κ1) is 21.9. The third kappa shape index (κ3) is 6.08. The Bertz CT molecular complexity index is 648. The van der Waals surface area contributed by atoms with Crippen molar-refractivity contribution in [1.82, 2.24) is 15.5 Å². The zero-order chi connectivity index (χ0) is 20.4. The summed E-state index contributed by atoms with van der Waals surface area (Å²) in [5.41, 5.74) is 0.596. The molecule has 0 unspecified atom stereocenters. The van der Waals surface area contributed by atoms with Crippen LogP contribution >= 0.6 is 0 Å². The van der Waals surface area contributed by atoms with Crippen molar-refractivity contribution in [2.45, 2.75) is 58.4 Å². The van der Waals surface area contributed by atoms with Gasteiger partial charge in [-0.15, -0.1) is 0 Å². The Hall–Kier alpha value is -2.37. The van der Waals surface area contributed by atoms with Crippen LogP contribution in [0.3, 0.4) is 0 Å². The Kier molecular flexibility index (Phi) is 8.98. The summed E-state index contributed by atoms with van der Waals surface area (Å²) >= 11 is 0. The third-order valence-corrected chi connectivity index (χ3v) is 5.33. The average Bonchev–Trinajstić information content (AvgIpc) is 3.22. The molecule has 6 heteroatoms. The van der Waals surface area contributed by atoms with E-state index in [4.69, 9.17) is 0 Å². The first-order valence-electron chi connectivity index (χ1n) is 10.5. The normalized spacial score (nSPS) is 17.2. The number of carbonyl (C=O) groups is 3. The monoisotopic (exact) mass is 387 g/mol. The minimum absolute atomic E-state index is 0.0125. The summed E-state index contributed by atoms with van der Waals surface area (Å²) in [7, 11) is 0. The van der Waals surface area contributed by atoms with E-state index in [9.17, 15) is 14.4 Å². The third-order valence-electron chi connectivity index (χ3n) is 5.33. The highest BCUT2D eigenvalue weighted by Gasteiger charge is 2.36. The molecule has 1 fully saturated rings. The molecule has 0 saturated carbocycles. The summed E-state index contributed by atoms with van der Waals surface area (Å²) in [6.07, 6.45) is 5.38. The molecule has 1 aliphatic rings. The summed E-state index contributed by atoms with van der Waals surface area (Å²) in [4.78, 5) is 39.2. The number of unbranched alkanes of at least 4 members (excludes halogenated alkanes) is 1. The van der Waals surface area contributed by atoms with E-state index in [-0.39, 0.29) is 29.7 Å². The molecule has 3 amide bonds. The summed E-state index contributed by atoms with van der Waals surface area (Å²) < 4.78 is 0. The highest BCUT2D eigenvalue weighted by molar-refractivity contribution is 5.94. The molecule has 0 spiro atoms. The number of rotatable bonds is 10. The largest absolute Gasteiger partial charge is 0.353 e. The van der Waals surface area contributed by atoms with Crippen LogP contribution in [0.2, 0.25) is 0 Å². The van der Waals surface area contributed by atoms with Crippen molar-refractivity contribution in [3.8, 4) is 0 Å². The van der Waals surface area contributed by atoms with Gasteiger partial charge in [0.1, 0.15) is 6.04 Å². The number of benzene rings is 1. The van der Waals surface area contributed by atoms with Gasteiger partial charge in [0.2, 0.25) is 11.8 Å². The van der Waals surface area contributed by atoms with Gasteiger partial charge in [-0.05, 0) is 37.8 Å². The predicted octanol–water partition coefficient (Wildman–Crippen LogP) is 2.74. The van der Waals surface area contributed by atoms with E-state index in [1.807, 2.05) is 25.1 Å². The maximum atomic E-state index is 12.9. The molecular formula is C22H33N3O3. The number of nitrogens with one attached hydrogen (secondary N) is 2. The van der Waals surface area contributed by atoms with Crippen LogP contribution in [0.25, 0.3) is 0 Å². The Morgan fingerprint density at radius 2 is 1.82 bits per heavy atom. The Balaban J connectivity index is 1.79. The van der Waals surface area contributed by atoms with Gasteiger partial charge in [-0.3, -0.25) is 14.4 Å². The number of hydrogen-bond acceptors (Lipinski definition) is 3. The SMILES string of the molecule is CCCC[C@H](CC)C(=O)N1CCC[C@H]1C(=O)NCCNC(=O)c1ccccc1. The van der Waals surface area contributed by atoms with Crippen LogP contribution in [0.5, 0.6) is 0 Å². The van der Waals surface area contributed by atoms with E-state index in [1.54, 1.807) is 17.0 Å². The molecule has 0 radical (unpaired) electrons. The standard InChI is InChI=1S/C22H33N3O3/c1-3-5-10-17(4-2)22(28)25-16-9-13-19(25)21(27)24-15-14-23-20(26)18-11-7-6-8-12-18/h6-8,11-12,17,19H,3-5,9-10,13-16H2,1-2H3,(H,23,26)(H,24,27)/t17-,19-/m0/s1. The predicted molar refractivity (Wildman–Crippen MR) is 110 cm³/mol. The van der Waals surface area contributed by atoms with Crippen LogP contribution in [0.15, 0.2) is 30.3 Å². The highest BCUT2D eigenvalue weighted by atomic mass is 16.2. The van der Waals surface area contributed by atoms with Crippen molar-refractivity contribution >= 4 is 17.7 Å². The summed E-state index contributed by atoms with van der Waals surface area (Å²) in [6, 6.07) is 8.60.